The van der Waals surface area contributed by atoms with Gasteiger partial charge in [-0.25, -0.2) is 0 Å². The van der Waals surface area contributed by atoms with E-state index in [-0.39, 0.29) is 5.92 Å². The Balaban J connectivity index is 1.61. The van der Waals surface area contributed by atoms with Crippen LogP contribution in [0.5, 0.6) is 0 Å². The van der Waals surface area contributed by atoms with Crippen molar-refractivity contribution in [2.75, 3.05) is 0 Å². The van der Waals surface area contributed by atoms with Crippen molar-refractivity contribution in [2.24, 2.45) is 10.9 Å². The average molecular weight is 329 g/mol. The molecule has 0 N–H and O–H groups in total. The zero-order valence-electron chi connectivity index (χ0n) is 15.4. The third-order valence-electron chi connectivity index (χ3n) is 6.09. The molecule has 1 unspecified atom stereocenters. The second-order valence-electron chi connectivity index (χ2n) is 7.73. The Bertz CT molecular complexity index is 837. The molecule has 4 rings (SSSR count). The number of nitrogens with zero attached hydrogens (tertiary/aromatic N) is 1. The molecule has 1 nitrogen and oxygen atoms in total. The minimum Gasteiger partial charge on any atom is -0.260 e. The van der Waals surface area contributed by atoms with E-state index < -0.39 is 0 Å². The first-order valence-electron chi connectivity index (χ1n) is 9.58. The van der Waals surface area contributed by atoms with Crippen LogP contribution >= 0.6 is 0 Å². The van der Waals surface area contributed by atoms with Gasteiger partial charge >= 0.3 is 0 Å². The van der Waals surface area contributed by atoms with Crippen LogP contribution < -0.4 is 0 Å². The van der Waals surface area contributed by atoms with Crippen molar-refractivity contribution in [1.29, 1.82) is 0 Å². The minimum absolute atomic E-state index is 0.284. The van der Waals surface area contributed by atoms with E-state index in [4.69, 9.17) is 4.99 Å². The lowest BCUT2D eigenvalue weighted by atomic mass is 9.81. The van der Waals surface area contributed by atoms with Crippen molar-refractivity contribution in [3.05, 3.63) is 70.8 Å². The summed E-state index contributed by atoms with van der Waals surface area (Å²) in [5, 5.41) is 0. The fourth-order valence-electron chi connectivity index (χ4n) is 4.26. The maximum absolute atomic E-state index is 4.73. The van der Waals surface area contributed by atoms with Crippen molar-refractivity contribution in [2.45, 2.75) is 51.9 Å². The largest absolute Gasteiger partial charge is 0.260 e. The summed E-state index contributed by atoms with van der Waals surface area (Å²) < 4.78 is 0. The van der Waals surface area contributed by atoms with Gasteiger partial charge in [-0.1, -0.05) is 56.2 Å². The Morgan fingerprint density at radius 1 is 0.960 bits per heavy atom. The summed E-state index contributed by atoms with van der Waals surface area (Å²) in [4.78, 5) is 4.73. The van der Waals surface area contributed by atoms with Crippen molar-refractivity contribution in [3.8, 4) is 0 Å². The quantitative estimate of drug-likeness (QED) is 0.591. The van der Waals surface area contributed by atoms with Crippen molar-refractivity contribution < 1.29 is 0 Å². The van der Waals surface area contributed by atoms with E-state index in [9.17, 15) is 0 Å². The van der Waals surface area contributed by atoms with E-state index >= 15 is 0 Å². The summed E-state index contributed by atoms with van der Waals surface area (Å²) in [6, 6.07) is 13.5. The first-order valence-corrected chi connectivity index (χ1v) is 9.58. The third kappa shape index (κ3) is 3.08. The molecule has 0 spiro atoms. The molecule has 1 atom stereocenters. The van der Waals surface area contributed by atoms with E-state index in [1.54, 1.807) is 0 Å². The summed E-state index contributed by atoms with van der Waals surface area (Å²) in [6.07, 6.45) is 8.77. The molecule has 1 fully saturated rings. The lowest BCUT2D eigenvalue weighted by Gasteiger charge is -2.24. The number of rotatable bonds is 3. The van der Waals surface area contributed by atoms with E-state index in [0.717, 1.165) is 5.69 Å². The van der Waals surface area contributed by atoms with Crippen molar-refractivity contribution in [1.82, 2.24) is 0 Å². The topological polar surface area (TPSA) is 12.4 Å². The standard InChI is InChI=1S/C24H27N/c1-16-9-10-21(13-17(16)2)23-15-25-24-14-20(11-12-22(23)24)18(3)19-7-5-4-6-8-19/h9-15,19,23H,3-8H2,1-2H3. The van der Waals surface area contributed by atoms with Crippen LogP contribution in [0.1, 0.15) is 65.8 Å². The number of fused-ring (bicyclic) bond motifs is 1. The summed E-state index contributed by atoms with van der Waals surface area (Å²) in [5.41, 5.74) is 9.07. The molecule has 1 aliphatic heterocycles. The van der Waals surface area contributed by atoms with Crippen LogP contribution in [0.25, 0.3) is 5.57 Å². The van der Waals surface area contributed by atoms with Gasteiger partial charge in [-0.2, -0.15) is 0 Å². The Hall–Kier alpha value is -2.15. The zero-order chi connectivity index (χ0) is 17.4. The number of aliphatic imine (C=N–C) groups is 1. The van der Waals surface area contributed by atoms with Crippen LogP contribution in [-0.4, -0.2) is 6.21 Å². The molecule has 1 heterocycles. The monoisotopic (exact) mass is 329 g/mol. The van der Waals surface area contributed by atoms with Gasteiger partial charge in [-0.05, 0) is 72.1 Å². The van der Waals surface area contributed by atoms with E-state index in [0.29, 0.717) is 5.92 Å². The molecular weight excluding hydrogens is 302 g/mol. The lowest BCUT2D eigenvalue weighted by molar-refractivity contribution is 0.430. The second kappa shape index (κ2) is 6.63. The first-order chi connectivity index (χ1) is 12.1. The summed E-state index contributed by atoms with van der Waals surface area (Å²) >= 11 is 0. The molecule has 1 aliphatic carbocycles. The van der Waals surface area contributed by atoms with Gasteiger partial charge in [0.15, 0.2) is 0 Å². The van der Waals surface area contributed by atoms with Crippen molar-refractivity contribution in [3.63, 3.8) is 0 Å². The van der Waals surface area contributed by atoms with Gasteiger partial charge in [0, 0.05) is 12.1 Å². The van der Waals surface area contributed by atoms with E-state index in [1.165, 1.54) is 65.5 Å². The van der Waals surface area contributed by atoms with Crippen LogP contribution in [0.2, 0.25) is 0 Å². The molecule has 0 radical (unpaired) electrons. The Morgan fingerprint density at radius 3 is 2.52 bits per heavy atom. The highest BCUT2D eigenvalue weighted by Crippen LogP contribution is 2.40. The van der Waals surface area contributed by atoms with E-state index in [2.05, 4.69) is 63.0 Å². The van der Waals surface area contributed by atoms with Crippen LogP contribution in [0, 0.1) is 19.8 Å². The molecule has 0 amide bonds. The molecule has 128 valence electrons. The van der Waals surface area contributed by atoms with Crippen molar-refractivity contribution >= 4 is 17.5 Å². The lowest BCUT2D eigenvalue weighted by Crippen LogP contribution is -2.08. The Morgan fingerprint density at radius 2 is 1.76 bits per heavy atom. The SMILES string of the molecule is C=C(c1ccc2c(c1)N=CC2c1ccc(C)c(C)c1)C1CCCCC1. The summed E-state index contributed by atoms with van der Waals surface area (Å²) in [7, 11) is 0. The molecule has 0 saturated heterocycles. The minimum atomic E-state index is 0.284. The van der Waals surface area contributed by atoms with Gasteiger partial charge in [0.05, 0.1) is 5.69 Å². The van der Waals surface area contributed by atoms with Crippen LogP contribution in [-0.2, 0) is 0 Å². The summed E-state index contributed by atoms with van der Waals surface area (Å²) in [6.45, 7) is 8.77. The smallest absolute Gasteiger partial charge is 0.0674 e. The van der Waals surface area contributed by atoms with Gasteiger partial charge in [0.2, 0.25) is 0 Å². The maximum Gasteiger partial charge on any atom is 0.0674 e. The second-order valence-corrected chi connectivity index (χ2v) is 7.73. The molecule has 2 aromatic rings. The Kier molecular flexibility index (Phi) is 4.33. The first kappa shape index (κ1) is 16.3. The molecule has 2 aliphatic rings. The molecule has 0 bridgehead atoms. The normalized spacial score (nSPS) is 19.8. The molecule has 1 saturated carbocycles. The number of aryl methyl sites for hydroxylation is 2. The van der Waals surface area contributed by atoms with Gasteiger partial charge in [0.25, 0.3) is 0 Å². The van der Waals surface area contributed by atoms with Gasteiger partial charge in [-0.15, -0.1) is 0 Å². The molecule has 0 aromatic heterocycles. The van der Waals surface area contributed by atoms with Gasteiger partial charge in [0.1, 0.15) is 0 Å². The van der Waals surface area contributed by atoms with Gasteiger partial charge < -0.3 is 0 Å². The van der Waals surface area contributed by atoms with Gasteiger partial charge in [-0.3, -0.25) is 4.99 Å². The van der Waals surface area contributed by atoms with Crippen LogP contribution in [0.3, 0.4) is 0 Å². The van der Waals surface area contributed by atoms with Crippen LogP contribution in [0.4, 0.5) is 5.69 Å². The predicted molar refractivity (Wildman–Crippen MR) is 108 cm³/mol. The predicted octanol–water partition coefficient (Wildman–Crippen LogP) is 6.74. The highest BCUT2D eigenvalue weighted by atomic mass is 14.8. The third-order valence-corrected chi connectivity index (χ3v) is 6.09. The fraction of sp³-hybridized carbons (Fsp3) is 0.375. The van der Waals surface area contributed by atoms with E-state index in [1.807, 2.05) is 0 Å². The fourth-order valence-corrected chi connectivity index (χ4v) is 4.26. The Labute approximate surface area is 151 Å². The van der Waals surface area contributed by atoms with Crippen LogP contribution in [0.15, 0.2) is 48.0 Å². The number of benzene rings is 2. The molecule has 2 aromatic carbocycles. The number of hydrogen-bond acceptors (Lipinski definition) is 1. The summed E-state index contributed by atoms with van der Waals surface area (Å²) in [5.74, 6) is 0.944. The molecular formula is C24H27N. The zero-order valence-corrected chi connectivity index (χ0v) is 15.4. The number of allylic oxidation sites excluding steroid dienone is 1. The maximum atomic E-state index is 4.73. The highest BCUT2D eigenvalue weighted by Gasteiger charge is 2.23. The average Bonchev–Trinajstić information content (AvgIpc) is 3.07. The molecule has 1 heteroatoms. The highest BCUT2D eigenvalue weighted by molar-refractivity contribution is 5.85. The molecule has 25 heavy (non-hydrogen) atoms. The number of hydrogen-bond donors (Lipinski definition) is 0.